The maximum absolute atomic E-state index is 10.8. The Morgan fingerprint density at radius 3 is 2.50 bits per heavy atom. The molecular formula is C12H11NO. The van der Waals surface area contributed by atoms with Gasteiger partial charge in [-0.15, -0.1) is 0 Å². The third-order valence-corrected chi connectivity index (χ3v) is 2.22. The van der Waals surface area contributed by atoms with Crippen LogP contribution in [0.5, 0.6) is 0 Å². The number of carbonyl (C=O) groups excluding carboxylic acids is 1. The molecular weight excluding hydrogens is 174 g/mol. The summed E-state index contributed by atoms with van der Waals surface area (Å²) < 4.78 is 0. The summed E-state index contributed by atoms with van der Waals surface area (Å²) in [4.78, 5) is 10.8. The van der Waals surface area contributed by atoms with E-state index < -0.39 is 0 Å². The molecule has 0 amide bonds. The highest BCUT2D eigenvalue weighted by atomic mass is 16.1. The first-order valence-corrected chi connectivity index (χ1v) is 4.50. The van der Waals surface area contributed by atoms with Gasteiger partial charge in [-0.05, 0) is 5.56 Å². The fourth-order valence-electron chi connectivity index (χ4n) is 1.31. The van der Waals surface area contributed by atoms with E-state index in [-0.39, 0.29) is 5.78 Å². The Balaban J connectivity index is 1.94. The quantitative estimate of drug-likeness (QED) is 0.727. The van der Waals surface area contributed by atoms with Crippen molar-refractivity contribution in [1.82, 2.24) is 5.32 Å². The van der Waals surface area contributed by atoms with Crippen LogP contribution in [0.2, 0.25) is 0 Å². The van der Waals surface area contributed by atoms with Crippen molar-refractivity contribution in [2.45, 2.75) is 6.54 Å². The number of hydrogen-bond donors (Lipinski definition) is 1. The van der Waals surface area contributed by atoms with E-state index in [1.54, 1.807) is 6.08 Å². The van der Waals surface area contributed by atoms with E-state index in [4.69, 9.17) is 0 Å². The van der Waals surface area contributed by atoms with Crippen molar-refractivity contribution in [2.24, 2.45) is 0 Å². The van der Waals surface area contributed by atoms with Gasteiger partial charge in [-0.1, -0.05) is 36.9 Å². The predicted molar refractivity (Wildman–Crippen MR) is 55.5 cm³/mol. The first-order chi connectivity index (χ1) is 6.77. The first-order valence-electron chi connectivity index (χ1n) is 4.50. The van der Waals surface area contributed by atoms with Crippen LogP contribution in [0, 0.1) is 0 Å². The summed E-state index contributed by atoms with van der Waals surface area (Å²) in [6.45, 7) is 4.39. The zero-order valence-electron chi connectivity index (χ0n) is 7.79. The van der Waals surface area contributed by atoms with E-state index >= 15 is 0 Å². The summed E-state index contributed by atoms with van der Waals surface area (Å²) in [5, 5.41) is 3.16. The fourth-order valence-corrected chi connectivity index (χ4v) is 1.31. The van der Waals surface area contributed by atoms with Gasteiger partial charge in [0.05, 0.1) is 0 Å². The van der Waals surface area contributed by atoms with Gasteiger partial charge in [0.15, 0.2) is 5.78 Å². The van der Waals surface area contributed by atoms with Crippen molar-refractivity contribution in [3.63, 3.8) is 0 Å². The summed E-state index contributed by atoms with van der Waals surface area (Å²) in [5.74, 6) is 0.0283. The molecule has 1 aromatic carbocycles. The minimum Gasteiger partial charge on any atom is -0.380 e. The number of allylic oxidation sites excluding steroid dienone is 2. The Labute approximate surface area is 82.9 Å². The van der Waals surface area contributed by atoms with Gasteiger partial charge in [-0.25, -0.2) is 0 Å². The van der Waals surface area contributed by atoms with Gasteiger partial charge >= 0.3 is 0 Å². The molecule has 0 radical (unpaired) electrons. The van der Waals surface area contributed by atoms with Crippen LogP contribution in [-0.4, -0.2) is 5.78 Å². The second kappa shape index (κ2) is 3.50. The largest absolute Gasteiger partial charge is 0.380 e. The normalized spacial score (nSPS) is 14.7. The van der Waals surface area contributed by atoms with Crippen molar-refractivity contribution in [2.75, 3.05) is 0 Å². The number of ketones is 1. The van der Waals surface area contributed by atoms with E-state index in [1.165, 1.54) is 5.56 Å². The second-order valence-electron chi connectivity index (χ2n) is 3.24. The Bertz CT molecular complexity index is 404. The second-order valence-corrected chi connectivity index (χ2v) is 3.24. The van der Waals surface area contributed by atoms with E-state index in [0.29, 0.717) is 5.57 Å². The minimum absolute atomic E-state index is 0.0283. The summed E-state index contributed by atoms with van der Waals surface area (Å²) in [6.07, 6.45) is 1.57. The molecule has 2 nitrogen and oxygen atoms in total. The highest BCUT2D eigenvalue weighted by Crippen LogP contribution is 2.17. The number of carbonyl (C=O) groups is 1. The van der Waals surface area contributed by atoms with Crippen molar-refractivity contribution in [1.29, 1.82) is 0 Å². The van der Waals surface area contributed by atoms with Gasteiger partial charge in [0.25, 0.3) is 0 Å². The maximum atomic E-state index is 10.8. The molecule has 14 heavy (non-hydrogen) atoms. The average molecular weight is 185 g/mol. The van der Waals surface area contributed by atoms with Crippen LogP contribution in [0.15, 0.2) is 54.3 Å². The zero-order chi connectivity index (χ0) is 9.97. The van der Waals surface area contributed by atoms with E-state index in [2.05, 4.69) is 11.9 Å². The van der Waals surface area contributed by atoms with Crippen molar-refractivity contribution in [3.05, 3.63) is 59.8 Å². The molecule has 0 saturated carbocycles. The third kappa shape index (κ3) is 1.59. The zero-order valence-corrected chi connectivity index (χ0v) is 7.79. The number of benzene rings is 1. The molecule has 0 bridgehead atoms. The average Bonchev–Trinajstić information content (AvgIpc) is 2.25. The summed E-state index contributed by atoms with van der Waals surface area (Å²) >= 11 is 0. The Kier molecular flexibility index (Phi) is 2.19. The van der Waals surface area contributed by atoms with Crippen molar-refractivity contribution in [3.8, 4) is 0 Å². The predicted octanol–water partition coefficient (Wildman–Crippen LogP) is 1.80. The molecule has 0 unspecified atom stereocenters. The fraction of sp³-hybridized carbons (Fsp3) is 0.0833. The Morgan fingerprint density at radius 1 is 1.21 bits per heavy atom. The number of nitrogens with one attached hydrogen (secondary N) is 1. The van der Waals surface area contributed by atoms with Gasteiger partial charge in [0.2, 0.25) is 0 Å². The Hall–Kier alpha value is -1.83. The van der Waals surface area contributed by atoms with E-state index in [0.717, 1.165) is 12.2 Å². The third-order valence-electron chi connectivity index (χ3n) is 2.22. The highest BCUT2D eigenvalue weighted by molar-refractivity contribution is 6.14. The van der Waals surface area contributed by atoms with Gasteiger partial charge < -0.3 is 5.32 Å². The number of hydrogen-bond acceptors (Lipinski definition) is 2. The molecule has 1 N–H and O–H groups in total. The molecule has 70 valence electrons. The van der Waals surface area contributed by atoms with Crippen LogP contribution >= 0.6 is 0 Å². The molecule has 0 fully saturated rings. The summed E-state index contributed by atoms with van der Waals surface area (Å²) in [5.41, 5.74) is 2.64. The molecule has 0 spiro atoms. The van der Waals surface area contributed by atoms with Crippen LogP contribution in [0.1, 0.15) is 5.56 Å². The van der Waals surface area contributed by atoms with Crippen LogP contribution in [0.25, 0.3) is 0 Å². The van der Waals surface area contributed by atoms with E-state index in [1.807, 2.05) is 30.3 Å². The standard InChI is InChI=1S/C12H11NO/c1-9-11(7-12(9)14)13-8-10-5-3-2-4-6-10/h2-7,13H,1,8H2. The molecule has 1 aliphatic rings. The lowest BCUT2D eigenvalue weighted by atomic mass is 9.98. The molecule has 0 saturated heterocycles. The summed E-state index contributed by atoms with van der Waals surface area (Å²) in [6, 6.07) is 10.0. The van der Waals surface area contributed by atoms with E-state index in [9.17, 15) is 4.79 Å². The van der Waals surface area contributed by atoms with Gasteiger partial charge in [-0.2, -0.15) is 0 Å². The molecule has 1 aliphatic carbocycles. The lowest BCUT2D eigenvalue weighted by molar-refractivity contribution is -0.112. The summed E-state index contributed by atoms with van der Waals surface area (Å²) in [7, 11) is 0. The van der Waals surface area contributed by atoms with Crippen molar-refractivity contribution >= 4 is 5.78 Å². The molecule has 2 heteroatoms. The van der Waals surface area contributed by atoms with Gasteiger partial charge in [0.1, 0.15) is 0 Å². The number of rotatable bonds is 3. The molecule has 2 rings (SSSR count). The molecule has 0 atom stereocenters. The molecule has 0 heterocycles. The van der Waals surface area contributed by atoms with Crippen LogP contribution in [-0.2, 0) is 11.3 Å². The first kappa shape index (κ1) is 8.75. The van der Waals surface area contributed by atoms with Crippen LogP contribution in [0.3, 0.4) is 0 Å². The van der Waals surface area contributed by atoms with Gasteiger partial charge in [-0.3, -0.25) is 4.79 Å². The highest BCUT2D eigenvalue weighted by Gasteiger charge is 2.19. The van der Waals surface area contributed by atoms with Crippen LogP contribution in [0.4, 0.5) is 0 Å². The minimum atomic E-state index is 0.0283. The molecule has 0 aliphatic heterocycles. The van der Waals surface area contributed by atoms with Crippen LogP contribution < -0.4 is 5.32 Å². The smallest absolute Gasteiger partial charge is 0.189 e. The lowest BCUT2D eigenvalue weighted by Gasteiger charge is -2.18. The topological polar surface area (TPSA) is 29.1 Å². The molecule has 1 aromatic rings. The molecule has 0 aromatic heterocycles. The maximum Gasteiger partial charge on any atom is 0.189 e. The Morgan fingerprint density at radius 2 is 1.93 bits per heavy atom. The van der Waals surface area contributed by atoms with Gasteiger partial charge in [0, 0.05) is 23.9 Å². The lowest BCUT2D eigenvalue weighted by Crippen LogP contribution is -2.25. The van der Waals surface area contributed by atoms with Crippen molar-refractivity contribution < 1.29 is 4.79 Å². The SMILES string of the molecule is C=C1C(=O)C=C1NCc1ccccc1. The monoisotopic (exact) mass is 185 g/mol.